The minimum Gasteiger partial charge on any atom is -0.383 e. The normalized spacial score (nSPS) is 13.2. The van der Waals surface area contributed by atoms with Crippen molar-refractivity contribution in [2.75, 3.05) is 38.8 Å². The van der Waals surface area contributed by atoms with Crippen molar-refractivity contribution in [3.05, 3.63) is 24.3 Å². The van der Waals surface area contributed by atoms with E-state index in [1.165, 1.54) is 0 Å². The number of ether oxygens (including phenoxy) is 1. The van der Waals surface area contributed by atoms with E-state index in [0.717, 1.165) is 0 Å². The molecule has 3 N–H and O–H groups in total. The average molecular weight is 301 g/mol. The first kappa shape index (κ1) is 16.9. The number of para-hydroxylation sites is 1. The second kappa shape index (κ2) is 7.58. The quantitative estimate of drug-likeness (QED) is 0.726. The third kappa shape index (κ3) is 4.45. The Bertz CT molecular complexity index is 519. The van der Waals surface area contributed by atoms with Gasteiger partial charge in [-0.3, -0.25) is 0 Å². The van der Waals surface area contributed by atoms with Gasteiger partial charge in [0.1, 0.15) is 4.90 Å². The van der Waals surface area contributed by atoms with Crippen LogP contribution in [0.5, 0.6) is 0 Å². The molecule has 6 nitrogen and oxygen atoms in total. The first-order chi connectivity index (χ1) is 9.42. The number of nitrogens with one attached hydrogen (secondary N) is 1. The molecule has 114 valence electrons. The van der Waals surface area contributed by atoms with Crippen LogP contribution in [0.1, 0.15) is 6.92 Å². The molecule has 0 amide bonds. The predicted octanol–water partition coefficient (Wildman–Crippen LogP) is 0.395. The Labute approximate surface area is 121 Å². The lowest BCUT2D eigenvalue weighted by Crippen LogP contribution is -2.39. The lowest BCUT2D eigenvalue weighted by Gasteiger charge is -2.25. The van der Waals surface area contributed by atoms with Crippen molar-refractivity contribution in [2.45, 2.75) is 17.9 Å². The number of sulfonamides is 1. The van der Waals surface area contributed by atoms with Gasteiger partial charge in [-0.05, 0) is 12.1 Å². The fourth-order valence-corrected chi connectivity index (χ4v) is 3.28. The Hall–Kier alpha value is -1.15. The lowest BCUT2D eigenvalue weighted by atomic mass is 10.2. The van der Waals surface area contributed by atoms with Crippen molar-refractivity contribution in [1.82, 2.24) is 4.72 Å². The minimum absolute atomic E-state index is 0.181. The molecule has 1 atom stereocenters. The first-order valence-electron chi connectivity index (χ1n) is 6.46. The molecular weight excluding hydrogens is 278 g/mol. The fraction of sp³-hybridized carbons (Fsp3) is 0.538. The second-order valence-corrected chi connectivity index (χ2v) is 6.30. The van der Waals surface area contributed by atoms with Crippen molar-refractivity contribution in [2.24, 2.45) is 5.73 Å². The summed E-state index contributed by atoms with van der Waals surface area (Å²) >= 11 is 0. The van der Waals surface area contributed by atoms with Gasteiger partial charge in [-0.2, -0.15) is 0 Å². The smallest absolute Gasteiger partial charge is 0.242 e. The van der Waals surface area contributed by atoms with Crippen LogP contribution in [0.4, 0.5) is 5.69 Å². The van der Waals surface area contributed by atoms with E-state index in [1.807, 2.05) is 11.9 Å². The van der Waals surface area contributed by atoms with Gasteiger partial charge < -0.3 is 15.4 Å². The molecule has 7 heteroatoms. The first-order valence-corrected chi connectivity index (χ1v) is 7.95. The van der Waals surface area contributed by atoms with Crippen LogP contribution in [0.3, 0.4) is 0 Å². The maximum atomic E-state index is 12.2. The summed E-state index contributed by atoms with van der Waals surface area (Å²) in [6.45, 7) is 3.03. The van der Waals surface area contributed by atoms with Gasteiger partial charge in [0.2, 0.25) is 10.0 Å². The number of rotatable bonds is 8. The number of methoxy groups -OCH3 is 1. The summed E-state index contributed by atoms with van der Waals surface area (Å²) < 4.78 is 31.8. The fourth-order valence-electron chi connectivity index (χ4n) is 1.98. The number of nitrogens with zero attached hydrogens (tertiary/aromatic N) is 1. The molecule has 20 heavy (non-hydrogen) atoms. The summed E-state index contributed by atoms with van der Waals surface area (Å²) in [6, 6.07) is 6.69. The van der Waals surface area contributed by atoms with Crippen LogP contribution >= 0.6 is 0 Å². The molecule has 0 bridgehead atoms. The molecule has 1 aromatic carbocycles. The van der Waals surface area contributed by atoms with Crippen molar-refractivity contribution in [3.8, 4) is 0 Å². The standard InChI is InChI=1S/C13H23N3O3S/c1-4-15-20(17,18)13-8-6-5-7-12(13)16(2)9-11(14)10-19-3/h5-8,11,15H,4,9-10,14H2,1-3H3. The number of anilines is 1. The molecule has 0 aromatic heterocycles. The summed E-state index contributed by atoms with van der Waals surface area (Å²) in [7, 11) is -0.0958. The van der Waals surface area contributed by atoms with E-state index in [9.17, 15) is 8.42 Å². The summed E-state index contributed by atoms with van der Waals surface area (Å²) in [4.78, 5) is 2.09. The monoisotopic (exact) mass is 301 g/mol. The molecular formula is C13H23N3O3S. The van der Waals surface area contributed by atoms with Crippen LogP contribution in [0, 0.1) is 0 Å². The summed E-state index contributed by atoms with van der Waals surface area (Å²) in [5, 5.41) is 0. The van der Waals surface area contributed by atoms with Gasteiger partial charge in [0.05, 0.1) is 12.3 Å². The molecule has 0 saturated carbocycles. The van der Waals surface area contributed by atoms with Crippen LogP contribution in [0.2, 0.25) is 0 Å². The molecule has 0 saturated heterocycles. The van der Waals surface area contributed by atoms with Crippen molar-refractivity contribution in [3.63, 3.8) is 0 Å². The Balaban J connectivity index is 3.01. The zero-order chi connectivity index (χ0) is 15.2. The average Bonchev–Trinajstić information content (AvgIpc) is 2.39. The highest BCUT2D eigenvalue weighted by atomic mass is 32.2. The Morgan fingerprint density at radius 3 is 2.65 bits per heavy atom. The number of benzene rings is 1. The number of nitrogens with two attached hydrogens (primary N) is 1. The maximum Gasteiger partial charge on any atom is 0.242 e. The largest absolute Gasteiger partial charge is 0.383 e. The van der Waals surface area contributed by atoms with Crippen LogP contribution < -0.4 is 15.4 Å². The van der Waals surface area contributed by atoms with E-state index >= 15 is 0 Å². The number of hydrogen-bond donors (Lipinski definition) is 2. The molecule has 1 rings (SSSR count). The number of likely N-dealkylation sites (N-methyl/N-ethyl adjacent to an activating group) is 1. The molecule has 0 heterocycles. The van der Waals surface area contributed by atoms with Gasteiger partial charge in [0.15, 0.2) is 0 Å². The van der Waals surface area contributed by atoms with Crippen molar-refractivity contribution in [1.29, 1.82) is 0 Å². The van der Waals surface area contributed by atoms with Gasteiger partial charge in [0, 0.05) is 33.3 Å². The van der Waals surface area contributed by atoms with E-state index in [2.05, 4.69) is 4.72 Å². The molecule has 0 spiro atoms. The molecule has 0 aliphatic heterocycles. The minimum atomic E-state index is -3.50. The third-order valence-corrected chi connectivity index (χ3v) is 4.38. The van der Waals surface area contributed by atoms with Gasteiger partial charge in [-0.15, -0.1) is 0 Å². The highest BCUT2D eigenvalue weighted by Gasteiger charge is 2.20. The predicted molar refractivity (Wildman–Crippen MR) is 80.4 cm³/mol. The maximum absolute atomic E-state index is 12.2. The topological polar surface area (TPSA) is 84.7 Å². The summed E-state index contributed by atoms with van der Waals surface area (Å²) in [5.41, 5.74) is 6.53. The number of hydrogen-bond acceptors (Lipinski definition) is 5. The van der Waals surface area contributed by atoms with E-state index in [0.29, 0.717) is 25.4 Å². The highest BCUT2D eigenvalue weighted by molar-refractivity contribution is 7.89. The third-order valence-electron chi connectivity index (χ3n) is 2.79. The zero-order valence-corrected chi connectivity index (χ0v) is 13.0. The molecule has 0 aliphatic carbocycles. The van der Waals surface area contributed by atoms with Gasteiger partial charge in [0.25, 0.3) is 0 Å². The zero-order valence-electron chi connectivity index (χ0n) is 12.2. The van der Waals surface area contributed by atoms with E-state index in [-0.39, 0.29) is 10.9 Å². The second-order valence-electron chi connectivity index (χ2n) is 4.56. The van der Waals surface area contributed by atoms with Crippen molar-refractivity contribution >= 4 is 15.7 Å². The van der Waals surface area contributed by atoms with Crippen molar-refractivity contribution < 1.29 is 13.2 Å². The van der Waals surface area contributed by atoms with E-state index < -0.39 is 10.0 Å². The Morgan fingerprint density at radius 1 is 1.40 bits per heavy atom. The Kier molecular flexibility index (Phi) is 6.41. The molecule has 1 unspecified atom stereocenters. The summed E-state index contributed by atoms with van der Waals surface area (Å²) in [5.74, 6) is 0. The van der Waals surface area contributed by atoms with Crippen LogP contribution in [0.25, 0.3) is 0 Å². The molecule has 0 radical (unpaired) electrons. The Morgan fingerprint density at radius 2 is 2.05 bits per heavy atom. The summed E-state index contributed by atoms with van der Waals surface area (Å²) in [6.07, 6.45) is 0. The van der Waals surface area contributed by atoms with E-state index in [4.69, 9.17) is 10.5 Å². The SMILES string of the molecule is CCNS(=O)(=O)c1ccccc1N(C)CC(N)COC. The molecule has 1 aromatic rings. The van der Waals surface area contributed by atoms with Gasteiger partial charge >= 0.3 is 0 Å². The van der Waals surface area contributed by atoms with E-state index in [1.54, 1.807) is 38.3 Å². The lowest BCUT2D eigenvalue weighted by molar-refractivity contribution is 0.181. The molecule has 0 aliphatic rings. The van der Waals surface area contributed by atoms with Crippen LogP contribution in [0.15, 0.2) is 29.2 Å². The van der Waals surface area contributed by atoms with Crippen LogP contribution in [-0.4, -0.2) is 48.3 Å². The van der Waals surface area contributed by atoms with Crippen LogP contribution in [-0.2, 0) is 14.8 Å². The van der Waals surface area contributed by atoms with Gasteiger partial charge in [-0.1, -0.05) is 19.1 Å². The molecule has 0 fully saturated rings. The van der Waals surface area contributed by atoms with Gasteiger partial charge in [-0.25, -0.2) is 13.1 Å². The highest BCUT2D eigenvalue weighted by Crippen LogP contribution is 2.23.